The lowest BCUT2D eigenvalue weighted by atomic mass is 10.2. The van der Waals surface area contributed by atoms with Gasteiger partial charge in [0.15, 0.2) is 5.69 Å². The molecule has 2 rings (SSSR count). The summed E-state index contributed by atoms with van der Waals surface area (Å²) in [5, 5.41) is 8.86. The third-order valence-electron chi connectivity index (χ3n) is 2.77. The first kappa shape index (κ1) is 12.2. The van der Waals surface area contributed by atoms with Crippen molar-refractivity contribution in [3.05, 3.63) is 35.3 Å². The lowest BCUT2D eigenvalue weighted by Crippen LogP contribution is -2.06. The SMILES string of the molecule is CCc1nc(C)c(C)c(-n2cnc(C(=O)O)c2)n1. The molecular weight excluding hydrogens is 232 g/mol. The minimum atomic E-state index is -1.05. The molecule has 0 spiro atoms. The summed E-state index contributed by atoms with van der Waals surface area (Å²) >= 11 is 0. The fourth-order valence-corrected chi connectivity index (χ4v) is 1.63. The molecule has 6 nitrogen and oxygen atoms in total. The molecule has 0 aromatic carbocycles. The van der Waals surface area contributed by atoms with Gasteiger partial charge in [-0.25, -0.2) is 19.7 Å². The molecule has 2 heterocycles. The van der Waals surface area contributed by atoms with E-state index >= 15 is 0 Å². The van der Waals surface area contributed by atoms with Gasteiger partial charge in [0.25, 0.3) is 0 Å². The van der Waals surface area contributed by atoms with Crippen LogP contribution in [0.15, 0.2) is 12.5 Å². The first-order chi connectivity index (χ1) is 8.52. The molecule has 6 heteroatoms. The van der Waals surface area contributed by atoms with Crippen molar-refractivity contribution >= 4 is 5.97 Å². The molecule has 0 aliphatic carbocycles. The molecule has 0 radical (unpaired) electrons. The van der Waals surface area contributed by atoms with Gasteiger partial charge in [-0.05, 0) is 13.8 Å². The molecule has 94 valence electrons. The highest BCUT2D eigenvalue weighted by atomic mass is 16.4. The van der Waals surface area contributed by atoms with Crippen LogP contribution in [0.2, 0.25) is 0 Å². The lowest BCUT2D eigenvalue weighted by Gasteiger charge is -2.09. The maximum Gasteiger partial charge on any atom is 0.356 e. The quantitative estimate of drug-likeness (QED) is 0.888. The van der Waals surface area contributed by atoms with E-state index < -0.39 is 5.97 Å². The van der Waals surface area contributed by atoms with Crippen LogP contribution >= 0.6 is 0 Å². The summed E-state index contributed by atoms with van der Waals surface area (Å²) in [5.41, 5.74) is 1.81. The third kappa shape index (κ3) is 2.09. The van der Waals surface area contributed by atoms with Crippen molar-refractivity contribution in [1.29, 1.82) is 0 Å². The standard InChI is InChI=1S/C12H14N4O2/c1-4-10-14-8(3)7(2)11(15-10)16-5-9(12(17)18)13-6-16/h5-6H,4H2,1-3H3,(H,17,18). The predicted octanol–water partition coefficient (Wildman–Crippen LogP) is 1.54. The van der Waals surface area contributed by atoms with Crippen LogP contribution in [0.1, 0.15) is 34.5 Å². The van der Waals surface area contributed by atoms with Gasteiger partial charge in [0.1, 0.15) is 18.0 Å². The van der Waals surface area contributed by atoms with E-state index in [4.69, 9.17) is 5.11 Å². The zero-order valence-corrected chi connectivity index (χ0v) is 10.5. The molecule has 0 aliphatic heterocycles. The highest BCUT2D eigenvalue weighted by Crippen LogP contribution is 2.15. The fourth-order valence-electron chi connectivity index (χ4n) is 1.63. The number of nitrogens with zero attached hydrogens (tertiary/aromatic N) is 4. The first-order valence-electron chi connectivity index (χ1n) is 5.64. The number of aryl methyl sites for hydroxylation is 2. The van der Waals surface area contributed by atoms with Crippen LogP contribution in [0.25, 0.3) is 5.82 Å². The Morgan fingerprint density at radius 2 is 2.11 bits per heavy atom. The minimum Gasteiger partial charge on any atom is -0.476 e. The molecular formula is C12H14N4O2. The van der Waals surface area contributed by atoms with Gasteiger partial charge < -0.3 is 5.11 Å². The highest BCUT2D eigenvalue weighted by Gasteiger charge is 2.12. The number of carboxylic acid groups (broad SMARTS) is 1. The molecule has 0 fully saturated rings. The molecule has 0 atom stereocenters. The maximum atomic E-state index is 10.8. The number of aromatic carboxylic acids is 1. The lowest BCUT2D eigenvalue weighted by molar-refractivity contribution is 0.0691. The van der Waals surface area contributed by atoms with Gasteiger partial charge in [-0.15, -0.1) is 0 Å². The van der Waals surface area contributed by atoms with E-state index in [9.17, 15) is 4.79 Å². The molecule has 0 amide bonds. The summed E-state index contributed by atoms with van der Waals surface area (Å²) in [7, 11) is 0. The second-order valence-electron chi connectivity index (χ2n) is 4.00. The number of rotatable bonds is 3. The molecule has 2 aromatic rings. The molecule has 1 N–H and O–H groups in total. The van der Waals surface area contributed by atoms with Crippen molar-refractivity contribution in [3.8, 4) is 5.82 Å². The maximum absolute atomic E-state index is 10.8. The van der Waals surface area contributed by atoms with Crippen molar-refractivity contribution in [3.63, 3.8) is 0 Å². The average Bonchev–Trinajstić information content (AvgIpc) is 2.82. The number of hydrogen-bond acceptors (Lipinski definition) is 4. The third-order valence-corrected chi connectivity index (χ3v) is 2.77. The molecule has 0 bridgehead atoms. The molecule has 0 unspecified atom stereocenters. The van der Waals surface area contributed by atoms with Crippen molar-refractivity contribution in [2.24, 2.45) is 0 Å². The van der Waals surface area contributed by atoms with Crippen LogP contribution in [0, 0.1) is 13.8 Å². The van der Waals surface area contributed by atoms with E-state index in [0.717, 1.165) is 23.5 Å². The Morgan fingerprint density at radius 3 is 2.67 bits per heavy atom. The zero-order valence-electron chi connectivity index (χ0n) is 10.5. The van der Waals surface area contributed by atoms with Crippen molar-refractivity contribution in [2.75, 3.05) is 0 Å². The minimum absolute atomic E-state index is 0.00344. The Hall–Kier alpha value is -2.24. The zero-order chi connectivity index (χ0) is 13.3. The van der Waals surface area contributed by atoms with E-state index in [1.807, 2.05) is 20.8 Å². The molecule has 0 saturated heterocycles. The highest BCUT2D eigenvalue weighted by molar-refractivity contribution is 5.85. The fraction of sp³-hybridized carbons (Fsp3) is 0.333. The van der Waals surface area contributed by atoms with Gasteiger partial charge in [0.2, 0.25) is 0 Å². The van der Waals surface area contributed by atoms with Crippen LogP contribution in [0.3, 0.4) is 0 Å². The Bertz CT molecular complexity index is 604. The van der Waals surface area contributed by atoms with Crippen LogP contribution in [-0.4, -0.2) is 30.6 Å². The second-order valence-corrected chi connectivity index (χ2v) is 4.00. The van der Waals surface area contributed by atoms with Gasteiger partial charge in [0.05, 0.1) is 0 Å². The first-order valence-corrected chi connectivity index (χ1v) is 5.64. The number of hydrogen-bond donors (Lipinski definition) is 1. The van der Waals surface area contributed by atoms with Crippen molar-refractivity contribution in [1.82, 2.24) is 19.5 Å². The van der Waals surface area contributed by atoms with Crippen molar-refractivity contribution in [2.45, 2.75) is 27.2 Å². The molecule has 0 saturated carbocycles. The average molecular weight is 246 g/mol. The molecule has 18 heavy (non-hydrogen) atoms. The van der Waals surface area contributed by atoms with Gasteiger partial charge in [-0.2, -0.15) is 0 Å². The smallest absolute Gasteiger partial charge is 0.356 e. The number of imidazole rings is 1. The Kier molecular flexibility index (Phi) is 3.10. The second kappa shape index (κ2) is 4.56. The van der Waals surface area contributed by atoms with Gasteiger partial charge >= 0.3 is 5.97 Å². The van der Waals surface area contributed by atoms with Crippen LogP contribution in [0.5, 0.6) is 0 Å². The number of carbonyl (C=O) groups is 1. The van der Waals surface area contributed by atoms with E-state index in [1.165, 1.54) is 12.5 Å². The van der Waals surface area contributed by atoms with E-state index in [-0.39, 0.29) is 5.69 Å². The predicted molar refractivity (Wildman–Crippen MR) is 65.0 cm³/mol. The summed E-state index contributed by atoms with van der Waals surface area (Å²) in [6, 6.07) is 0. The topological polar surface area (TPSA) is 80.9 Å². The van der Waals surface area contributed by atoms with Gasteiger partial charge in [-0.1, -0.05) is 6.92 Å². The summed E-state index contributed by atoms with van der Waals surface area (Å²) in [4.78, 5) is 23.4. The Morgan fingerprint density at radius 1 is 1.39 bits per heavy atom. The number of carboxylic acids is 1. The van der Waals surface area contributed by atoms with E-state index in [1.54, 1.807) is 4.57 Å². The summed E-state index contributed by atoms with van der Waals surface area (Å²) in [5.74, 6) is 0.367. The van der Waals surface area contributed by atoms with E-state index in [2.05, 4.69) is 15.0 Å². The van der Waals surface area contributed by atoms with Crippen LogP contribution < -0.4 is 0 Å². The molecule has 0 aliphatic rings. The van der Waals surface area contributed by atoms with Gasteiger partial charge in [0, 0.05) is 23.9 Å². The van der Waals surface area contributed by atoms with Crippen molar-refractivity contribution < 1.29 is 9.90 Å². The largest absolute Gasteiger partial charge is 0.476 e. The summed E-state index contributed by atoms with van der Waals surface area (Å²) in [6.45, 7) is 5.80. The van der Waals surface area contributed by atoms with Crippen LogP contribution in [0.4, 0.5) is 0 Å². The Labute approximate surface area is 104 Å². The number of aromatic nitrogens is 4. The van der Waals surface area contributed by atoms with Crippen LogP contribution in [-0.2, 0) is 6.42 Å². The van der Waals surface area contributed by atoms with Gasteiger partial charge in [-0.3, -0.25) is 4.57 Å². The summed E-state index contributed by atoms with van der Waals surface area (Å²) in [6.07, 6.45) is 3.64. The molecule has 2 aromatic heterocycles. The normalized spacial score (nSPS) is 10.6. The monoisotopic (exact) mass is 246 g/mol. The van der Waals surface area contributed by atoms with E-state index in [0.29, 0.717) is 5.82 Å². The summed E-state index contributed by atoms with van der Waals surface area (Å²) < 4.78 is 1.62. The Balaban J connectivity index is 2.55.